The van der Waals surface area contributed by atoms with E-state index < -0.39 is 0 Å². The van der Waals surface area contributed by atoms with Crippen molar-refractivity contribution in [2.45, 2.75) is 40.0 Å². The van der Waals surface area contributed by atoms with Gasteiger partial charge >= 0.3 is 0 Å². The van der Waals surface area contributed by atoms with Crippen molar-refractivity contribution in [3.05, 3.63) is 47.1 Å². The number of phenols is 1. The number of methoxy groups -OCH3 is 1. The average Bonchev–Trinajstić information content (AvgIpc) is 2.37. The SMILES string of the molecule is COc1ccc(O)c(C/C=C(\C)CCC=C(C)C)c1. The van der Waals surface area contributed by atoms with Gasteiger partial charge in [0.05, 0.1) is 7.11 Å². The lowest BCUT2D eigenvalue weighted by molar-refractivity contribution is 0.411. The minimum atomic E-state index is 0.328. The predicted octanol–water partition coefficient (Wildman–Crippen LogP) is 4.64. The van der Waals surface area contributed by atoms with Crippen molar-refractivity contribution in [2.75, 3.05) is 7.11 Å². The summed E-state index contributed by atoms with van der Waals surface area (Å²) < 4.78 is 5.17. The Morgan fingerprint density at radius 1 is 1.21 bits per heavy atom. The number of hydrogen-bond acceptors (Lipinski definition) is 2. The Morgan fingerprint density at radius 3 is 2.58 bits per heavy atom. The van der Waals surface area contributed by atoms with Crippen LogP contribution in [0.2, 0.25) is 0 Å². The molecule has 0 aromatic heterocycles. The Morgan fingerprint density at radius 2 is 1.95 bits per heavy atom. The normalized spacial score (nSPS) is 11.3. The summed E-state index contributed by atoms with van der Waals surface area (Å²) in [6, 6.07) is 5.33. The zero-order valence-electron chi connectivity index (χ0n) is 12.4. The molecule has 104 valence electrons. The lowest BCUT2D eigenvalue weighted by atomic mass is 10.1. The van der Waals surface area contributed by atoms with Crippen LogP contribution in [0, 0.1) is 0 Å². The van der Waals surface area contributed by atoms with E-state index in [-0.39, 0.29) is 0 Å². The van der Waals surface area contributed by atoms with Gasteiger partial charge in [0, 0.05) is 5.56 Å². The van der Waals surface area contributed by atoms with E-state index >= 15 is 0 Å². The highest BCUT2D eigenvalue weighted by Gasteiger charge is 2.02. The summed E-state index contributed by atoms with van der Waals surface area (Å²) in [5.74, 6) is 1.11. The zero-order valence-corrected chi connectivity index (χ0v) is 12.4. The number of phenolic OH excluding ortho intramolecular Hbond substituents is 1. The van der Waals surface area contributed by atoms with Gasteiger partial charge in [-0.05, 0) is 58.2 Å². The van der Waals surface area contributed by atoms with E-state index in [2.05, 4.69) is 32.9 Å². The Bertz CT molecular complexity index is 466. The minimum Gasteiger partial charge on any atom is -0.508 e. The molecule has 1 aromatic carbocycles. The fraction of sp³-hybridized carbons (Fsp3) is 0.412. The maximum atomic E-state index is 9.80. The summed E-state index contributed by atoms with van der Waals surface area (Å²) in [6.07, 6.45) is 7.31. The van der Waals surface area contributed by atoms with Crippen molar-refractivity contribution in [2.24, 2.45) is 0 Å². The molecular formula is C17H24O2. The van der Waals surface area contributed by atoms with Gasteiger partial charge in [0.1, 0.15) is 11.5 Å². The summed E-state index contributed by atoms with van der Waals surface area (Å²) in [4.78, 5) is 0. The van der Waals surface area contributed by atoms with E-state index in [1.54, 1.807) is 19.2 Å². The van der Waals surface area contributed by atoms with Gasteiger partial charge in [0.15, 0.2) is 0 Å². The quantitative estimate of drug-likeness (QED) is 0.755. The van der Waals surface area contributed by atoms with Gasteiger partial charge in [-0.2, -0.15) is 0 Å². The molecule has 0 aliphatic carbocycles. The third-order valence-corrected chi connectivity index (χ3v) is 3.05. The lowest BCUT2D eigenvalue weighted by Gasteiger charge is -2.06. The topological polar surface area (TPSA) is 29.5 Å². The van der Waals surface area contributed by atoms with E-state index in [0.717, 1.165) is 30.6 Å². The number of benzene rings is 1. The highest BCUT2D eigenvalue weighted by molar-refractivity contribution is 5.40. The Kier molecular flexibility index (Phi) is 6.20. The van der Waals surface area contributed by atoms with Crippen molar-refractivity contribution in [3.8, 4) is 11.5 Å². The molecule has 0 aliphatic rings. The highest BCUT2D eigenvalue weighted by atomic mass is 16.5. The minimum absolute atomic E-state index is 0.328. The van der Waals surface area contributed by atoms with E-state index in [1.807, 2.05) is 6.07 Å². The summed E-state index contributed by atoms with van der Waals surface area (Å²) in [6.45, 7) is 6.37. The monoisotopic (exact) mass is 260 g/mol. The van der Waals surface area contributed by atoms with Gasteiger partial charge < -0.3 is 9.84 Å². The molecule has 0 amide bonds. The third kappa shape index (κ3) is 5.64. The van der Waals surface area contributed by atoms with Crippen molar-refractivity contribution < 1.29 is 9.84 Å². The number of ether oxygens (including phenoxy) is 1. The smallest absolute Gasteiger partial charge is 0.119 e. The molecule has 1 aromatic rings. The Labute approximate surface area is 116 Å². The lowest BCUT2D eigenvalue weighted by Crippen LogP contribution is -1.88. The van der Waals surface area contributed by atoms with Crippen molar-refractivity contribution in [1.82, 2.24) is 0 Å². The van der Waals surface area contributed by atoms with Crippen LogP contribution in [0.4, 0.5) is 0 Å². The van der Waals surface area contributed by atoms with Crippen LogP contribution < -0.4 is 4.74 Å². The van der Waals surface area contributed by atoms with Crippen molar-refractivity contribution in [3.63, 3.8) is 0 Å². The molecule has 19 heavy (non-hydrogen) atoms. The van der Waals surface area contributed by atoms with E-state index in [1.165, 1.54) is 11.1 Å². The third-order valence-electron chi connectivity index (χ3n) is 3.05. The Hall–Kier alpha value is -1.70. The van der Waals surface area contributed by atoms with Crippen LogP contribution in [0.3, 0.4) is 0 Å². The molecule has 0 spiro atoms. The maximum Gasteiger partial charge on any atom is 0.119 e. The second-order valence-corrected chi connectivity index (χ2v) is 5.07. The second-order valence-electron chi connectivity index (χ2n) is 5.07. The molecular weight excluding hydrogens is 236 g/mol. The van der Waals surface area contributed by atoms with Gasteiger partial charge in [0.2, 0.25) is 0 Å². The molecule has 2 nitrogen and oxygen atoms in total. The first-order valence-electron chi connectivity index (χ1n) is 6.67. The fourth-order valence-electron chi connectivity index (χ4n) is 1.83. The van der Waals surface area contributed by atoms with Gasteiger partial charge in [-0.15, -0.1) is 0 Å². The highest BCUT2D eigenvalue weighted by Crippen LogP contribution is 2.24. The van der Waals surface area contributed by atoms with Crippen LogP contribution in [0.15, 0.2) is 41.5 Å². The predicted molar refractivity (Wildman–Crippen MR) is 80.8 cm³/mol. The largest absolute Gasteiger partial charge is 0.508 e. The zero-order chi connectivity index (χ0) is 14.3. The van der Waals surface area contributed by atoms with Gasteiger partial charge in [0.25, 0.3) is 0 Å². The second kappa shape index (κ2) is 7.67. The number of rotatable bonds is 6. The standard InChI is InChI=1S/C17H24O2/c1-13(2)6-5-7-14(3)8-9-15-12-16(19-4)10-11-17(15)18/h6,8,10-12,18H,5,7,9H2,1-4H3/b14-8+. The molecule has 1 rings (SSSR count). The molecule has 0 radical (unpaired) electrons. The maximum absolute atomic E-state index is 9.80. The molecule has 0 bridgehead atoms. The van der Waals surface area contributed by atoms with E-state index in [0.29, 0.717) is 5.75 Å². The molecule has 0 unspecified atom stereocenters. The summed E-state index contributed by atoms with van der Waals surface area (Å²) in [7, 11) is 1.64. The molecule has 0 fully saturated rings. The van der Waals surface area contributed by atoms with Gasteiger partial charge in [-0.3, -0.25) is 0 Å². The van der Waals surface area contributed by atoms with Crippen LogP contribution in [0.5, 0.6) is 11.5 Å². The number of allylic oxidation sites excluding steroid dienone is 4. The van der Waals surface area contributed by atoms with Crippen LogP contribution in [0.25, 0.3) is 0 Å². The molecule has 0 atom stereocenters. The molecule has 0 saturated carbocycles. The van der Waals surface area contributed by atoms with E-state index in [4.69, 9.17) is 4.74 Å². The first kappa shape index (κ1) is 15.4. The number of hydrogen-bond donors (Lipinski definition) is 1. The van der Waals surface area contributed by atoms with Crippen LogP contribution >= 0.6 is 0 Å². The first-order valence-corrected chi connectivity index (χ1v) is 6.67. The summed E-state index contributed by atoms with van der Waals surface area (Å²) in [5.41, 5.74) is 3.61. The first-order chi connectivity index (χ1) is 9.02. The van der Waals surface area contributed by atoms with Crippen LogP contribution in [-0.2, 0) is 6.42 Å². The summed E-state index contributed by atoms with van der Waals surface area (Å²) >= 11 is 0. The van der Waals surface area contributed by atoms with Crippen LogP contribution in [-0.4, -0.2) is 12.2 Å². The van der Waals surface area contributed by atoms with E-state index in [9.17, 15) is 5.11 Å². The van der Waals surface area contributed by atoms with Crippen molar-refractivity contribution >= 4 is 0 Å². The summed E-state index contributed by atoms with van der Waals surface area (Å²) in [5, 5.41) is 9.80. The molecule has 0 aliphatic heterocycles. The van der Waals surface area contributed by atoms with Crippen LogP contribution in [0.1, 0.15) is 39.2 Å². The van der Waals surface area contributed by atoms with Crippen molar-refractivity contribution in [1.29, 1.82) is 0 Å². The molecule has 0 heterocycles. The Balaban J connectivity index is 2.61. The molecule has 2 heteroatoms. The molecule has 1 N–H and O–H groups in total. The number of aromatic hydroxyl groups is 1. The van der Waals surface area contributed by atoms with Gasteiger partial charge in [-0.1, -0.05) is 23.3 Å². The average molecular weight is 260 g/mol. The van der Waals surface area contributed by atoms with Gasteiger partial charge in [-0.25, -0.2) is 0 Å². The fourth-order valence-corrected chi connectivity index (χ4v) is 1.83. The molecule has 0 saturated heterocycles.